The zero-order chi connectivity index (χ0) is 15.1. The molecule has 1 aromatic carbocycles. The van der Waals surface area contributed by atoms with E-state index in [1.54, 1.807) is 24.1 Å². The van der Waals surface area contributed by atoms with Crippen LogP contribution in [0.2, 0.25) is 5.02 Å². The highest BCUT2D eigenvalue weighted by atomic mass is 35.5. The molecule has 1 unspecified atom stereocenters. The first-order valence-electron chi connectivity index (χ1n) is 5.98. The van der Waals surface area contributed by atoms with Gasteiger partial charge in [0, 0.05) is 31.1 Å². The zero-order valence-electron chi connectivity index (χ0n) is 11.2. The maximum atomic E-state index is 11.5. The van der Waals surface area contributed by atoms with Gasteiger partial charge in [-0.25, -0.2) is 8.42 Å². The number of amides is 1. The lowest BCUT2D eigenvalue weighted by molar-refractivity contribution is -0.116. The fourth-order valence-corrected chi connectivity index (χ4v) is 2.93. The lowest BCUT2D eigenvalue weighted by Crippen LogP contribution is -2.25. The molecule has 1 atom stereocenters. The van der Waals surface area contributed by atoms with Gasteiger partial charge >= 0.3 is 0 Å². The summed E-state index contributed by atoms with van der Waals surface area (Å²) in [6.45, 7) is 0.317. The van der Waals surface area contributed by atoms with Crippen molar-refractivity contribution in [1.82, 2.24) is 0 Å². The van der Waals surface area contributed by atoms with Gasteiger partial charge in [-0.2, -0.15) is 0 Å². The van der Waals surface area contributed by atoms with Crippen molar-refractivity contribution in [3.05, 3.63) is 22.7 Å². The molecule has 0 bridgehead atoms. The van der Waals surface area contributed by atoms with Crippen molar-refractivity contribution in [3.63, 3.8) is 0 Å². The Hall–Kier alpha value is -1.31. The largest absolute Gasteiger partial charge is 0.372 e. The van der Waals surface area contributed by atoms with Crippen LogP contribution in [0.1, 0.15) is 11.6 Å². The second-order valence-corrected chi connectivity index (χ2v) is 7.58. The van der Waals surface area contributed by atoms with Crippen LogP contribution in [0.5, 0.6) is 0 Å². The number of carbonyl (C=O) groups is 1. The number of anilines is 2. The average Bonchev–Trinajstić information content (AvgIpc) is 2.61. The number of fused-ring (bicyclic) bond motifs is 1. The molecular weight excluding hydrogens is 302 g/mol. The molecule has 1 amide bonds. The number of nitrogens with two attached hydrogens (primary N) is 1. The first-order valence-corrected chi connectivity index (χ1v) is 8.41. The molecule has 3 N–H and O–H groups in total. The van der Waals surface area contributed by atoms with Crippen molar-refractivity contribution in [2.75, 3.05) is 35.8 Å². The van der Waals surface area contributed by atoms with Gasteiger partial charge in [-0.1, -0.05) is 11.6 Å². The number of hydrogen-bond acceptors (Lipinski definition) is 5. The third-order valence-electron chi connectivity index (χ3n) is 3.20. The minimum absolute atomic E-state index is 0.0305. The van der Waals surface area contributed by atoms with E-state index in [4.69, 9.17) is 17.3 Å². The van der Waals surface area contributed by atoms with Crippen molar-refractivity contribution in [2.45, 2.75) is 6.04 Å². The quantitative estimate of drug-likeness (QED) is 0.856. The van der Waals surface area contributed by atoms with E-state index in [1.165, 1.54) is 6.26 Å². The molecule has 1 aliphatic rings. The van der Waals surface area contributed by atoms with E-state index in [0.717, 1.165) is 0 Å². The van der Waals surface area contributed by atoms with Crippen molar-refractivity contribution in [2.24, 2.45) is 5.73 Å². The van der Waals surface area contributed by atoms with Crippen LogP contribution in [-0.2, 0) is 14.6 Å². The van der Waals surface area contributed by atoms with E-state index in [1.807, 2.05) is 0 Å². The molecule has 20 heavy (non-hydrogen) atoms. The van der Waals surface area contributed by atoms with Crippen LogP contribution in [0, 0.1) is 0 Å². The monoisotopic (exact) mass is 317 g/mol. The number of halogens is 1. The molecule has 0 saturated carbocycles. The third kappa shape index (κ3) is 3.05. The van der Waals surface area contributed by atoms with Gasteiger partial charge in [-0.15, -0.1) is 0 Å². The van der Waals surface area contributed by atoms with E-state index >= 15 is 0 Å². The molecular formula is C12H16ClN3O3S. The highest BCUT2D eigenvalue weighted by Gasteiger charge is 2.28. The summed E-state index contributed by atoms with van der Waals surface area (Å²) in [4.78, 5) is 13.2. The molecule has 0 aliphatic carbocycles. The van der Waals surface area contributed by atoms with Crippen LogP contribution < -0.4 is 16.0 Å². The maximum Gasteiger partial charge on any atom is 0.245 e. The molecule has 110 valence electrons. The van der Waals surface area contributed by atoms with Gasteiger partial charge in [0.05, 0.1) is 16.5 Å². The maximum absolute atomic E-state index is 11.5. The number of nitrogens with zero attached hydrogens (tertiary/aromatic N) is 1. The van der Waals surface area contributed by atoms with E-state index in [9.17, 15) is 13.2 Å². The van der Waals surface area contributed by atoms with Gasteiger partial charge in [-0.3, -0.25) is 4.79 Å². The van der Waals surface area contributed by atoms with Crippen LogP contribution >= 0.6 is 11.6 Å². The van der Waals surface area contributed by atoms with Gasteiger partial charge in [-0.05, 0) is 12.1 Å². The van der Waals surface area contributed by atoms with Gasteiger partial charge in [0.1, 0.15) is 15.9 Å². The molecule has 0 spiro atoms. The van der Waals surface area contributed by atoms with Crippen LogP contribution in [0.25, 0.3) is 0 Å². The SMILES string of the molecule is CN(CCS(C)(=O)=O)c1cc2c(cc1Cl)C(N)C(=O)N2. The van der Waals surface area contributed by atoms with E-state index in [2.05, 4.69) is 5.32 Å². The predicted octanol–water partition coefficient (Wildman–Crippen LogP) is 0.773. The highest BCUT2D eigenvalue weighted by molar-refractivity contribution is 7.90. The van der Waals surface area contributed by atoms with Gasteiger partial charge in [0.25, 0.3) is 0 Å². The average molecular weight is 318 g/mol. The Bertz CT molecular complexity index is 660. The van der Waals surface area contributed by atoms with Gasteiger partial charge < -0.3 is 16.0 Å². The molecule has 1 aromatic rings. The highest BCUT2D eigenvalue weighted by Crippen LogP contribution is 2.37. The number of carbonyl (C=O) groups excluding carboxylic acids is 1. The Labute approximate surface area is 122 Å². The molecule has 0 saturated heterocycles. The summed E-state index contributed by atoms with van der Waals surface area (Å²) in [6.07, 6.45) is 1.18. The van der Waals surface area contributed by atoms with Gasteiger partial charge in [0.15, 0.2) is 0 Å². The van der Waals surface area contributed by atoms with Crippen LogP contribution in [0.15, 0.2) is 12.1 Å². The fraction of sp³-hybridized carbons (Fsp3) is 0.417. The normalized spacial score (nSPS) is 17.8. The molecule has 8 heteroatoms. The summed E-state index contributed by atoms with van der Waals surface area (Å²) in [6, 6.07) is 2.65. The van der Waals surface area contributed by atoms with Crippen LogP contribution in [-0.4, -0.2) is 39.9 Å². The van der Waals surface area contributed by atoms with Crippen molar-refractivity contribution >= 4 is 38.7 Å². The molecule has 6 nitrogen and oxygen atoms in total. The first kappa shape index (κ1) is 15.1. The Morgan fingerprint density at radius 3 is 2.70 bits per heavy atom. The summed E-state index contributed by atoms with van der Waals surface area (Å²) >= 11 is 6.18. The molecule has 0 fully saturated rings. The second kappa shape index (κ2) is 5.23. The van der Waals surface area contributed by atoms with E-state index < -0.39 is 15.9 Å². The Balaban J connectivity index is 2.26. The number of benzene rings is 1. The minimum atomic E-state index is -3.04. The summed E-state index contributed by atoms with van der Waals surface area (Å²) in [5.74, 6) is -0.241. The van der Waals surface area contributed by atoms with E-state index in [-0.39, 0.29) is 11.7 Å². The second-order valence-electron chi connectivity index (χ2n) is 4.91. The Kier molecular flexibility index (Phi) is 3.95. The first-order chi connectivity index (χ1) is 9.19. The molecule has 2 rings (SSSR count). The van der Waals surface area contributed by atoms with Crippen LogP contribution in [0.3, 0.4) is 0 Å². The minimum Gasteiger partial charge on any atom is -0.372 e. The number of nitrogens with one attached hydrogen (secondary N) is 1. The molecule has 1 aliphatic heterocycles. The zero-order valence-corrected chi connectivity index (χ0v) is 12.8. The summed E-state index contributed by atoms with van der Waals surface area (Å²) in [5, 5.41) is 3.11. The topological polar surface area (TPSA) is 92.5 Å². The molecule has 0 aromatic heterocycles. The fourth-order valence-electron chi connectivity index (χ4n) is 2.01. The van der Waals surface area contributed by atoms with Crippen molar-refractivity contribution < 1.29 is 13.2 Å². The smallest absolute Gasteiger partial charge is 0.245 e. The third-order valence-corrected chi connectivity index (χ3v) is 4.43. The lowest BCUT2D eigenvalue weighted by atomic mass is 10.1. The Morgan fingerprint density at radius 2 is 2.10 bits per heavy atom. The number of hydrogen-bond donors (Lipinski definition) is 2. The van der Waals surface area contributed by atoms with Gasteiger partial charge in [0.2, 0.25) is 5.91 Å². The predicted molar refractivity (Wildman–Crippen MR) is 80.0 cm³/mol. The standard InChI is InChI=1S/C12H16ClN3O3S/c1-16(3-4-20(2,18)19)10-6-9-7(5-8(10)13)11(14)12(17)15-9/h5-6,11H,3-4,14H2,1-2H3,(H,15,17). The number of rotatable bonds is 4. The van der Waals surface area contributed by atoms with E-state index in [0.29, 0.717) is 28.5 Å². The Morgan fingerprint density at radius 1 is 1.45 bits per heavy atom. The summed E-state index contributed by atoms with van der Waals surface area (Å²) in [5.41, 5.74) is 7.66. The molecule has 0 radical (unpaired) electrons. The summed E-state index contributed by atoms with van der Waals surface area (Å²) in [7, 11) is -1.30. The molecule has 1 heterocycles. The lowest BCUT2D eigenvalue weighted by Gasteiger charge is -2.21. The number of sulfone groups is 1. The van der Waals surface area contributed by atoms with Crippen molar-refractivity contribution in [3.8, 4) is 0 Å². The summed E-state index contributed by atoms with van der Waals surface area (Å²) < 4.78 is 22.4. The van der Waals surface area contributed by atoms with Crippen molar-refractivity contribution in [1.29, 1.82) is 0 Å². The van der Waals surface area contributed by atoms with Crippen LogP contribution in [0.4, 0.5) is 11.4 Å².